The number of urea groups is 2. The van der Waals surface area contributed by atoms with E-state index in [0.29, 0.717) is 5.56 Å². The van der Waals surface area contributed by atoms with Gasteiger partial charge in [0.25, 0.3) is 5.91 Å². The summed E-state index contributed by atoms with van der Waals surface area (Å²) in [5.41, 5.74) is 0.522. The molecule has 6 amide bonds. The summed E-state index contributed by atoms with van der Waals surface area (Å²) < 4.78 is 5.14. The molecule has 2 fully saturated rings. The molecule has 1 aliphatic heterocycles. The third-order valence-corrected chi connectivity index (χ3v) is 4.31. The third kappa shape index (κ3) is 4.64. The van der Waals surface area contributed by atoms with Crippen molar-refractivity contribution in [1.82, 2.24) is 20.9 Å². The lowest BCUT2D eigenvalue weighted by Gasteiger charge is -2.17. The van der Waals surface area contributed by atoms with Crippen molar-refractivity contribution in [2.75, 3.05) is 6.54 Å². The van der Waals surface area contributed by atoms with Gasteiger partial charge in [0.15, 0.2) is 6.10 Å². The van der Waals surface area contributed by atoms with E-state index in [4.69, 9.17) is 4.74 Å². The zero-order chi connectivity index (χ0) is 20.3. The molecular weight excluding hydrogens is 368 g/mol. The monoisotopic (exact) mass is 388 g/mol. The molecule has 1 heterocycles. The number of rotatable bonds is 6. The van der Waals surface area contributed by atoms with Gasteiger partial charge in [0.2, 0.25) is 5.91 Å². The van der Waals surface area contributed by atoms with E-state index in [0.717, 1.165) is 17.7 Å². The van der Waals surface area contributed by atoms with Crippen molar-refractivity contribution < 1.29 is 28.7 Å². The van der Waals surface area contributed by atoms with Gasteiger partial charge in [-0.25, -0.2) is 14.4 Å². The number of carbonyl (C=O) groups excluding carboxylic acids is 5. The average molecular weight is 388 g/mol. The molecule has 10 heteroatoms. The number of benzene rings is 1. The van der Waals surface area contributed by atoms with Gasteiger partial charge in [-0.1, -0.05) is 18.2 Å². The lowest BCUT2D eigenvalue weighted by atomic mass is 10.1. The summed E-state index contributed by atoms with van der Waals surface area (Å²) in [5.74, 6) is -1.95. The van der Waals surface area contributed by atoms with Crippen molar-refractivity contribution in [1.29, 1.82) is 0 Å². The molecule has 1 aromatic rings. The van der Waals surface area contributed by atoms with Gasteiger partial charge in [-0.2, -0.15) is 0 Å². The highest BCUT2D eigenvalue weighted by atomic mass is 16.5. The van der Waals surface area contributed by atoms with Crippen LogP contribution in [0.15, 0.2) is 24.3 Å². The quantitative estimate of drug-likeness (QED) is 0.473. The first-order valence-corrected chi connectivity index (χ1v) is 8.83. The van der Waals surface area contributed by atoms with Crippen molar-refractivity contribution in [2.24, 2.45) is 0 Å². The molecule has 0 radical (unpaired) electrons. The molecule has 1 saturated carbocycles. The highest BCUT2D eigenvalue weighted by Crippen LogP contribution is 2.18. The normalized spacial score (nSPS) is 17.0. The SMILES string of the molecule is CC(OC(=O)c1ccccc1CN1C(=O)CNC1=O)C(=O)NC(=O)NC1CC1. The van der Waals surface area contributed by atoms with Gasteiger partial charge in [-0.15, -0.1) is 0 Å². The van der Waals surface area contributed by atoms with E-state index in [1.807, 2.05) is 0 Å². The van der Waals surface area contributed by atoms with Crippen molar-refractivity contribution >= 4 is 29.8 Å². The van der Waals surface area contributed by atoms with Crippen LogP contribution in [0.3, 0.4) is 0 Å². The van der Waals surface area contributed by atoms with Crippen LogP contribution in [-0.4, -0.2) is 53.4 Å². The van der Waals surface area contributed by atoms with Gasteiger partial charge in [-0.05, 0) is 31.4 Å². The standard InChI is InChI=1S/C18H20N4O6/c1-10(15(24)21-17(26)20-12-6-7-12)28-16(25)13-5-3-2-4-11(13)9-22-14(23)8-19-18(22)27/h2-5,10,12H,6-9H2,1H3,(H,19,27)(H2,20,21,24,26). The number of nitrogens with one attached hydrogen (secondary N) is 3. The molecule has 28 heavy (non-hydrogen) atoms. The van der Waals surface area contributed by atoms with Crippen LogP contribution in [0.1, 0.15) is 35.7 Å². The zero-order valence-electron chi connectivity index (χ0n) is 15.2. The molecule has 2 aliphatic rings. The van der Waals surface area contributed by atoms with Crippen molar-refractivity contribution in [3.8, 4) is 0 Å². The summed E-state index contributed by atoms with van der Waals surface area (Å²) in [7, 11) is 0. The smallest absolute Gasteiger partial charge is 0.339 e. The Kier molecular flexibility index (Phi) is 5.57. The fraction of sp³-hybridized carbons (Fsp3) is 0.389. The number of hydrogen-bond acceptors (Lipinski definition) is 6. The van der Waals surface area contributed by atoms with Crippen LogP contribution in [0.4, 0.5) is 9.59 Å². The van der Waals surface area contributed by atoms with Crippen LogP contribution in [0, 0.1) is 0 Å². The van der Waals surface area contributed by atoms with Crippen LogP contribution >= 0.6 is 0 Å². The van der Waals surface area contributed by atoms with E-state index in [9.17, 15) is 24.0 Å². The Balaban J connectivity index is 1.62. The number of imide groups is 2. The molecular formula is C18H20N4O6. The highest BCUT2D eigenvalue weighted by Gasteiger charge is 2.30. The maximum absolute atomic E-state index is 12.5. The molecule has 148 valence electrons. The van der Waals surface area contributed by atoms with Crippen molar-refractivity contribution in [3.05, 3.63) is 35.4 Å². The van der Waals surface area contributed by atoms with Gasteiger partial charge >= 0.3 is 18.0 Å². The number of esters is 1. The van der Waals surface area contributed by atoms with Crippen LogP contribution in [-0.2, 0) is 20.9 Å². The Labute approximate surface area is 160 Å². The Morgan fingerprint density at radius 2 is 1.96 bits per heavy atom. The molecule has 1 unspecified atom stereocenters. The Morgan fingerprint density at radius 3 is 2.61 bits per heavy atom. The van der Waals surface area contributed by atoms with Crippen LogP contribution in [0.25, 0.3) is 0 Å². The summed E-state index contributed by atoms with van der Waals surface area (Å²) in [6.45, 7) is 1.16. The lowest BCUT2D eigenvalue weighted by molar-refractivity contribution is -0.128. The average Bonchev–Trinajstić information content (AvgIpc) is 3.41. The molecule has 1 aromatic carbocycles. The summed E-state index contributed by atoms with van der Waals surface area (Å²) in [4.78, 5) is 60.6. The first kappa shape index (κ1) is 19.3. The molecule has 1 saturated heterocycles. The minimum absolute atomic E-state index is 0.0861. The molecule has 1 aliphatic carbocycles. The minimum atomic E-state index is -1.21. The highest BCUT2D eigenvalue weighted by molar-refractivity contribution is 6.02. The molecule has 0 spiro atoms. The number of carbonyl (C=O) groups is 5. The van der Waals surface area contributed by atoms with Gasteiger partial charge in [-0.3, -0.25) is 19.8 Å². The van der Waals surface area contributed by atoms with E-state index in [1.165, 1.54) is 13.0 Å². The van der Waals surface area contributed by atoms with Gasteiger partial charge in [0.1, 0.15) is 0 Å². The molecule has 10 nitrogen and oxygen atoms in total. The summed E-state index contributed by atoms with van der Waals surface area (Å²) in [6, 6.07) is 5.23. The second-order valence-electron chi connectivity index (χ2n) is 6.58. The Hall–Kier alpha value is -3.43. The van der Waals surface area contributed by atoms with Gasteiger partial charge in [0, 0.05) is 6.04 Å². The minimum Gasteiger partial charge on any atom is -0.449 e. The largest absolute Gasteiger partial charge is 0.449 e. The fourth-order valence-electron chi connectivity index (χ4n) is 2.58. The van der Waals surface area contributed by atoms with E-state index in [1.54, 1.807) is 18.2 Å². The maximum Gasteiger partial charge on any atom is 0.339 e. The van der Waals surface area contributed by atoms with E-state index in [2.05, 4.69) is 16.0 Å². The number of nitrogens with zero attached hydrogens (tertiary/aromatic N) is 1. The first-order valence-electron chi connectivity index (χ1n) is 8.83. The fourth-order valence-corrected chi connectivity index (χ4v) is 2.58. The van der Waals surface area contributed by atoms with Crippen LogP contribution in [0.2, 0.25) is 0 Å². The number of hydrogen-bond donors (Lipinski definition) is 3. The zero-order valence-corrected chi connectivity index (χ0v) is 15.2. The number of amides is 6. The van der Waals surface area contributed by atoms with Crippen molar-refractivity contribution in [3.63, 3.8) is 0 Å². The second kappa shape index (κ2) is 8.07. The Morgan fingerprint density at radius 1 is 1.25 bits per heavy atom. The topological polar surface area (TPSA) is 134 Å². The molecule has 3 N–H and O–H groups in total. The van der Waals surface area contributed by atoms with E-state index in [-0.39, 0.29) is 24.7 Å². The summed E-state index contributed by atoms with van der Waals surface area (Å²) in [6.07, 6.45) is 0.545. The summed E-state index contributed by atoms with van der Waals surface area (Å²) in [5, 5.41) is 7.12. The molecule has 0 bridgehead atoms. The second-order valence-corrected chi connectivity index (χ2v) is 6.58. The molecule has 3 rings (SSSR count). The summed E-state index contributed by atoms with van der Waals surface area (Å²) >= 11 is 0. The predicted octanol–water partition coefficient (Wildman–Crippen LogP) is 0.272. The predicted molar refractivity (Wildman–Crippen MR) is 95.0 cm³/mol. The van der Waals surface area contributed by atoms with Gasteiger partial charge in [0.05, 0.1) is 18.7 Å². The third-order valence-electron chi connectivity index (χ3n) is 4.31. The number of ether oxygens (including phenoxy) is 1. The van der Waals surface area contributed by atoms with Crippen LogP contribution in [0.5, 0.6) is 0 Å². The van der Waals surface area contributed by atoms with Gasteiger partial charge < -0.3 is 15.4 Å². The lowest BCUT2D eigenvalue weighted by Crippen LogP contribution is -2.45. The van der Waals surface area contributed by atoms with Crippen LogP contribution < -0.4 is 16.0 Å². The van der Waals surface area contributed by atoms with Crippen molar-refractivity contribution in [2.45, 2.75) is 38.5 Å². The Bertz CT molecular complexity index is 819. The van der Waals surface area contributed by atoms with E-state index < -0.39 is 35.9 Å². The maximum atomic E-state index is 12.5. The molecule has 0 aromatic heterocycles. The molecule has 1 atom stereocenters. The van der Waals surface area contributed by atoms with E-state index >= 15 is 0 Å². The first-order chi connectivity index (χ1) is 13.3.